The number of carbonyl (C=O) groups is 2. The number of phenolic OH excluding ortho intramolecular Hbond substituents is 1. The fraction of sp³-hybridized carbons (Fsp3) is 0.333. The molecule has 0 saturated carbocycles. The molecule has 0 heterocycles. The number of aromatic hydroxyl groups is 1. The Morgan fingerprint density at radius 1 is 1.00 bits per heavy atom. The minimum absolute atomic E-state index is 0.0190. The van der Waals surface area contributed by atoms with Gasteiger partial charge in [-0.15, -0.1) is 0 Å². The van der Waals surface area contributed by atoms with Crippen LogP contribution in [0.2, 0.25) is 0 Å². The van der Waals surface area contributed by atoms with Crippen LogP contribution in [0.1, 0.15) is 75.0 Å². The highest BCUT2D eigenvalue weighted by molar-refractivity contribution is 6.06. The van der Waals surface area contributed by atoms with Crippen LogP contribution < -0.4 is 4.74 Å². The summed E-state index contributed by atoms with van der Waals surface area (Å²) in [4.78, 5) is 24.3. The number of Topliss-reactive ketones (excluding diaryl/α,β-unsaturated/α-hetero) is 1. The van der Waals surface area contributed by atoms with Crippen LogP contribution in [-0.2, 0) is 9.59 Å². The molecule has 3 rings (SSSR count). The van der Waals surface area contributed by atoms with Crippen LogP contribution in [0.15, 0.2) is 60.7 Å². The Labute approximate surface area is 202 Å². The minimum Gasteiger partial charge on any atom is -0.504 e. The van der Waals surface area contributed by atoms with E-state index in [2.05, 4.69) is 44.2 Å². The van der Waals surface area contributed by atoms with Crippen molar-refractivity contribution in [3.05, 3.63) is 77.4 Å². The number of unbranched alkanes of at least 4 members (excludes halogenated alkanes) is 2. The van der Waals surface area contributed by atoms with Crippen LogP contribution >= 0.6 is 0 Å². The molecule has 0 aliphatic rings. The van der Waals surface area contributed by atoms with E-state index in [1.807, 2.05) is 18.2 Å². The molecule has 0 aliphatic carbocycles. The van der Waals surface area contributed by atoms with Gasteiger partial charge in [0.25, 0.3) is 0 Å². The second-order valence-corrected chi connectivity index (χ2v) is 8.70. The number of benzene rings is 3. The van der Waals surface area contributed by atoms with Crippen molar-refractivity contribution in [2.45, 2.75) is 58.3 Å². The summed E-state index contributed by atoms with van der Waals surface area (Å²) in [7, 11) is 1.52. The number of hydrogen-bond donors (Lipinski definition) is 1. The number of rotatable bonds is 12. The SMILES string of the molecule is CCCCCC(=O)CC(=O)C=Cc1cc(OC)c(O)c(C(CC)c2ccc3ccccc3c2)c1. The van der Waals surface area contributed by atoms with E-state index in [1.54, 1.807) is 12.1 Å². The van der Waals surface area contributed by atoms with E-state index in [0.717, 1.165) is 47.8 Å². The van der Waals surface area contributed by atoms with E-state index in [0.29, 0.717) is 12.2 Å². The zero-order chi connectivity index (χ0) is 24.5. The highest BCUT2D eigenvalue weighted by atomic mass is 16.5. The molecule has 3 aromatic carbocycles. The number of allylic oxidation sites excluding steroid dienone is 1. The lowest BCUT2D eigenvalue weighted by Gasteiger charge is -2.20. The molecular formula is C30H34O4. The Hall–Kier alpha value is -3.40. The van der Waals surface area contributed by atoms with E-state index >= 15 is 0 Å². The minimum atomic E-state index is -0.211. The molecule has 1 atom stereocenters. The van der Waals surface area contributed by atoms with Crippen molar-refractivity contribution in [2.24, 2.45) is 0 Å². The summed E-state index contributed by atoms with van der Waals surface area (Å²) in [5, 5.41) is 13.2. The molecule has 178 valence electrons. The fourth-order valence-electron chi connectivity index (χ4n) is 4.33. The van der Waals surface area contributed by atoms with Gasteiger partial charge in [0, 0.05) is 17.9 Å². The normalized spacial score (nSPS) is 12.2. The van der Waals surface area contributed by atoms with Crippen molar-refractivity contribution in [3.63, 3.8) is 0 Å². The molecule has 0 saturated heterocycles. The third-order valence-electron chi connectivity index (χ3n) is 6.20. The molecule has 4 heteroatoms. The monoisotopic (exact) mass is 458 g/mol. The van der Waals surface area contributed by atoms with Crippen molar-refractivity contribution in [2.75, 3.05) is 7.11 Å². The average Bonchev–Trinajstić information content (AvgIpc) is 2.84. The van der Waals surface area contributed by atoms with Gasteiger partial charge in [0.05, 0.1) is 13.5 Å². The summed E-state index contributed by atoms with van der Waals surface area (Å²) in [5.41, 5.74) is 2.60. The molecular weight excluding hydrogens is 424 g/mol. The van der Waals surface area contributed by atoms with E-state index in [9.17, 15) is 14.7 Å². The Kier molecular flexibility index (Phi) is 9.03. The smallest absolute Gasteiger partial charge is 0.163 e. The van der Waals surface area contributed by atoms with Gasteiger partial charge in [0.15, 0.2) is 17.3 Å². The lowest BCUT2D eigenvalue weighted by atomic mass is 9.86. The van der Waals surface area contributed by atoms with Crippen molar-refractivity contribution in [1.82, 2.24) is 0 Å². The molecule has 1 unspecified atom stereocenters. The summed E-state index contributed by atoms with van der Waals surface area (Å²) >= 11 is 0. The molecule has 0 aliphatic heterocycles. The highest BCUT2D eigenvalue weighted by Crippen LogP contribution is 2.41. The van der Waals surface area contributed by atoms with Gasteiger partial charge in [-0.05, 0) is 52.9 Å². The van der Waals surface area contributed by atoms with E-state index in [-0.39, 0.29) is 29.7 Å². The van der Waals surface area contributed by atoms with Gasteiger partial charge < -0.3 is 9.84 Å². The van der Waals surface area contributed by atoms with E-state index in [1.165, 1.54) is 18.6 Å². The van der Waals surface area contributed by atoms with Crippen molar-refractivity contribution < 1.29 is 19.4 Å². The van der Waals surface area contributed by atoms with Crippen LogP contribution in [0.25, 0.3) is 16.8 Å². The third-order valence-corrected chi connectivity index (χ3v) is 6.20. The van der Waals surface area contributed by atoms with Crippen LogP contribution in [0, 0.1) is 0 Å². The number of fused-ring (bicyclic) bond motifs is 1. The maximum atomic E-state index is 12.3. The van der Waals surface area contributed by atoms with Crippen molar-refractivity contribution in [1.29, 1.82) is 0 Å². The summed E-state index contributed by atoms with van der Waals surface area (Å²) in [6, 6.07) is 18.2. The van der Waals surface area contributed by atoms with Crippen LogP contribution in [0.5, 0.6) is 11.5 Å². The number of ketones is 2. The summed E-state index contributed by atoms with van der Waals surface area (Å²) < 4.78 is 5.43. The van der Waals surface area contributed by atoms with Crippen LogP contribution in [-0.4, -0.2) is 23.8 Å². The van der Waals surface area contributed by atoms with Gasteiger partial charge >= 0.3 is 0 Å². The molecule has 0 fully saturated rings. The number of carbonyl (C=O) groups excluding carboxylic acids is 2. The second kappa shape index (κ2) is 12.2. The van der Waals surface area contributed by atoms with Gasteiger partial charge in [0.1, 0.15) is 5.78 Å². The largest absolute Gasteiger partial charge is 0.504 e. The van der Waals surface area contributed by atoms with Crippen molar-refractivity contribution in [3.8, 4) is 11.5 Å². The first kappa shape index (κ1) is 25.2. The number of methoxy groups -OCH3 is 1. The van der Waals surface area contributed by atoms with Gasteiger partial charge in [-0.3, -0.25) is 9.59 Å². The molecule has 3 aromatic rings. The zero-order valence-corrected chi connectivity index (χ0v) is 20.3. The van der Waals surface area contributed by atoms with Gasteiger partial charge in [-0.25, -0.2) is 0 Å². The van der Waals surface area contributed by atoms with Gasteiger partial charge in [-0.1, -0.05) is 75.2 Å². The summed E-state index contributed by atoms with van der Waals surface area (Å²) in [6.07, 6.45) is 7.19. The van der Waals surface area contributed by atoms with E-state index < -0.39 is 0 Å². The number of ether oxygens (including phenoxy) is 1. The molecule has 0 amide bonds. The molecule has 0 radical (unpaired) electrons. The Balaban J connectivity index is 1.87. The van der Waals surface area contributed by atoms with Crippen molar-refractivity contribution >= 4 is 28.4 Å². The molecule has 0 aromatic heterocycles. The quantitative estimate of drug-likeness (QED) is 0.177. The predicted molar refractivity (Wildman–Crippen MR) is 139 cm³/mol. The molecule has 0 bridgehead atoms. The topological polar surface area (TPSA) is 63.6 Å². The Bertz CT molecular complexity index is 1180. The predicted octanol–water partition coefficient (Wildman–Crippen LogP) is 7.22. The molecule has 1 N–H and O–H groups in total. The van der Waals surface area contributed by atoms with Gasteiger partial charge in [0.2, 0.25) is 0 Å². The maximum Gasteiger partial charge on any atom is 0.163 e. The standard InChI is InChI=1S/C30H34O4/c1-4-6-7-12-25(31)20-26(32)16-13-21-17-28(30(33)29(18-21)34-3)27(5-2)24-15-14-22-10-8-9-11-23(22)19-24/h8-11,13-19,27,33H,4-7,12,20H2,1-3H3. The third kappa shape index (κ3) is 6.34. The molecule has 4 nitrogen and oxygen atoms in total. The number of hydrogen-bond acceptors (Lipinski definition) is 4. The lowest BCUT2D eigenvalue weighted by Crippen LogP contribution is -2.05. The van der Waals surface area contributed by atoms with Gasteiger partial charge in [-0.2, -0.15) is 0 Å². The average molecular weight is 459 g/mol. The first-order chi connectivity index (χ1) is 16.5. The highest BCUT2D eigenvalue weighted by Gasteiger charge is 2.20. The summed E-state index contributed by atoms with van der Waals surface area (Å²) in [6.45, 7) is 4.17. The lowest BCUT2D eigenvalue weighted by molar-refractivity contribution is -0.124. The summed E-state index contributed by atoms with van der Waals surface area (Å²) in [5.74, 6) is 0.199. The molecule has 0 spiro atoms. The zero-order valence-electron chi connectivity index (χ0n) is 20.3. The first-order valence-corrected chi connectivity index (χ1v) is 12.1. The fourth-order valence-corrected chi connectivity index (χ4v) is 4.33. The first-order valence-electron chi connectivity index (χ1n) is 12.1. The molecule has 34 heavy (non-hydrogen) atoms. The number of phenols is 1. The maximum absolute atomic E-state index is 12.3. The Morgan fingerprint density at radius 3 is 2.47 bits per heavy atom. The van der Waals surface area contributed by atoms with Crippen LogP contribution in [0.3, 0.4) is 0 Å². The Morgan fingerprint density at radius 2 is 1.76 bits per heavy atom. The second-order valence-electron chi connectivity index (χ2n) is 8.70. The van der Waals surface area contributed by atoms with Crippen LogP contribution in [0.4, 0.5) is 0 Å². The van der Waals surface area contributed by atoms with E-state index in [4.69, 9.17) is 4.74 Å².